The lowest BCUT2D eigenvalue weighted by atomic mass is 10.1. The van der Waals surface area contributed by atoms with Gasteiger partial charge in [0.05, 0.1) is 6.42 Å². The minimum atomic E-state index is -0.0404. The van der Waals surface area contributed by atoms with Gasteiger partial charge in [0, 0.05) is 11.4 Å². The Morgan fingerprint density at radius 2 is 1.55 bits per heavy atom. The van der Waals surface area contributed by atoms with E-state index >= 15 is 0 Å². The maximum Gasteiger partial charge on any atom is 0.228 e. The molecule has 4 nitrogen and oxygen atoms in total. The predicted molar refractivity (Wildman–Crippen MR) is 82.4 cm³/mol. The molecule has 5 N–H and O–H groups in total. The van der Waals surface area contributed by atoms with Gasteiger partial charge in [-0.25, -0.2) is 0 Å². The summed E-state index contributed by atoms with van der Waals surface area (Å²) in [5, 5.41) is 2.87. The van der Waals surface area contributed by atoms with Crippen molar-refractivity contribution in [1.82, 2.24) is 0 Å². The van der Waals surface area contributed by atoms with E-state index < -0.39 is 0 Å². The molecule has 0 aliphatic rings. The molecular formula is C16H19N3O. The predicted octanol–water partition coefficient (Wildman–Crippen LogP) is 1.95. The zero-order valence-electron chi connectivity index (χ0n) is 11.3. The largest absolute Gasteiger partial charge is 0.399 e. The molecular weight excluding hydrogens is 250 g/mol. The number of rotatable bonds is 5. The Morgan fingerprint density at radius 1 is 0.950 bits per heavy atom. The third-order valence-electron chi connectivity index (χ3n) is 3.02. The molecule has 0 spiro atoms. The monoisotopic (exact) mass is 269 g/mol. The molecule has 0 aromatic heterocycles. The summed E-state index contributed by atoms with van der Waals surface area (Å²) in [4.78, 5) is 11.9. The van der Waals surface area contributed by atoms with E-state index in [1.54, 1.807) is 12.1 Å². The summed E-state index contributed by atoms with van der Waals surface area (Å²) < 4.78 is 0. The van der Waals surface area contributed by atoms with E-state index in [2.05, 4.69) is 5.32 Å². The van der Waals surface area contributed by atoms with E-state index in [9.17, 15) is 4.79 Å². The van der Waals surface area contributed by atoms with Crippen molar-refractivity contribution in [3.63, 3.8) is 0 Å². The quantitative estimate of drug-likeness (QED) is 0.726. The minimum Gasteiger partial charge on any atom is -0.399 e. The highest BCUT2D eigenvalue weighted by atomic mass is 16.1. The van der Waals surface area contributed by atoms with Crippen molar-refractivity contribution in [2.45, 2.75) is 12.8 Å². The standard InChI is InChI=1S/C16H19N3O/c17-10-9-12-3-7-15(8-4-12)19-16(20)11-13-1-5-14(18)6-2-13/h1-8H,9-11,17-18H2,(H,19,20). The lowest BCUT2D eigenvalue weighted by Gasteiger charge is -2.06. The van der Waals surface area contributed by atoms with Crippen LogP contribution in [0.1, 0.15) is 11.1 Å². The van der Waals surface area contributed by atoms with Gasteiger partial charge in [-0.3, -0.25) is 4.79 Å². The summed E-state index contributed by atoms with van der Waals surface area (Å²) >= 11 is 0. The number of anilines is 2. The second kappa shape index (κ2) is 6.73. The summed E-state index contributed by atoms with van der Waals surface area (Å²) in [7, 11) is 0. The van der Waals surface area contributed by atoms with Crippen molar-refractivity contribution in [3.05, 3.63) is 59.7 Å². The fourth-order valence-electron chi connectivity index (χ4n) is 1.95. The first kappa shape index (κ1) is 14.1. The van der Waals surface area contributed by atoms with Crippen molar-refractivity contribution < 1.29 is 4.79 Å². The van der Waals surface area contributed by atoms with Crippen LogP contribution in [0.3, 0.4) is 0 Å². The Labute approximate surface area is 118 Å². The first-order valence-corrected chi connectivity index (χ1v) is 6.60. The lowest BCUT2D eigenvalue weighted by molar-refractivity contribution is -0.115. The molecule has 0 bridgehead atoms. The maximum atomic E-state index is 11.9. The van der Waals surface area contributed by atoms with Crippen molar-refractivity contribution in [2.24, 2.45) is 5.73 Å². The topological polar surface area (TPSA) is 81.1 Å². The van der Waals surface area contributed by atoms with Gasteiger partial charge < -0.3 is 16.8 Å². The molecule has 1 amide bonds. The van der Waals surface area contributed by atoms with Gasteiger partial charge in [0.2, 0.25) is 5.91 Å². The third-order valence-corrected chi connectivity index (χ3v) is 3.02. The molecule has 0 heterocycles. The SMILES string of the molecule is NCCc1ccc(NC(=O)Cc2ccc(N)cc2)cc1. The molecule has 0 unspecified atom stereocenters. The van der Waals surface area contributed by atoms with E-state index in [0.29, 0.717) is 18.7 Å². The molecule has 0 aliphatic heterocycles. The number of benzene rings is 2. The highest BCUT2D eigenvalue weighted by Crippen LogP contribution is 2.11. The van der Waals surface area contributed by atoms with Gasteiger partial charge in [0.15, 0.2) is 0 Å². The number of hydrogen-bond acceptors (Lipinski definition) is 3. The lowest BCUT2D eigenvalue weighted by Crippen LogP contribution is -2.14. The number of nitrogens with one attached hydrogen (secondary N) is 1. The highest BCUT2D eigenvalue weighted by Gasteiger charge is 2.04. The molecule has 104 valence electrons. The van der Waals surface area contributed by atoms with Gasteiger partial charge >= 0.3 is 0 Å². The van der Waals surface area contributed by atoms with Crippen molar-refractivity contribution in [2.75, 3.05) is 17.6 Å². The van der Waals surface area contributed by atoms with Crippen LogP contribution in [0.25, 0.3) is 0 Å². The van der Waals surface area contributed by atoms with Crippen LogP contribution in [0, 0.1) is 0 Å². The van der Waals surface area contributed by atoms with E-state index in [1.165, 1.54) is 5.56 Å². The van der Waals surface area contributed by atoms with E-state index in [4.69, 9.17) is 11.5 Å². The Bertz CT molecular complexity index is 561. The molecule has 0 atom stereocenters. The number of amides is 1. The first-order valence-electron chi connectivity index (χ1n) is 6.60. The van der Waals surface area contributed by atoms with Crippen molar-refractivity contribution in [1.29, 1.82) is 0 Å². The van der Waals surface area contributed by atoms with E-state index in [0.717, 1.165) is 17.7 Å². The van der Waals surface area contributed by atoms with Gasteiger partial charge in [-0.1, -0.05) is 24.3 Å². The zero-order valence-corrected chi connectivity index (χ0v) is 11.3. The molecule has 2 rings (SSSR count). The smallest absolute Gasteiger partial charge is 0.228 e. The number of carbonyl (C=O) groups excluding carboxylic acids is 1. The Morgan fingerprint density at radius 3 is 2.15 bits per heavy atom. The Hall–Kier alpha value is -2.33. The van der Waals surface area contributed by atoms with Crippen LogP contribution < -0.4 is 16.8 Å². The molecule has 0 fully saturated rings. The third kappa shape index (κ3) is 4.10. The number of carbonyl (C=O) groups is 1. The number of hydrogen-bond donors (Lipinski definition) is 3. The van der Waals surface area contributed by atoms with Gasteiger partial charge in [-0.2, -0.15) is 0 Å². The van der Waals surface area contributed by atoms with Gasteiger partial charge in [-0.05, 0) is 48.4 Å². The Balaban J connectivity index is 1.92. The number of nitrogens with two attached hydrogens (primary N) is 2. The van der Waals surface area contributed by atoms with E-state index in [1.807, 2.05) is 36.4 Å². The van der Waals surface area contributed by atoms with E-state index in [-0.39, 0.29) is 5.91 Å². The molecule has 0 saturated carbocycles. The molecule has 2 aromatic carbocycles. The van der Waals surface area contributed by atoms with Crippen LogP contribution in [-0.4, -0.2) is 12.5 Å². The van der Waals surface area contributed by atoms with Crippen LogP contribution in [0.5, 0.6) is 0 Å². The van der Waals surface area contributed by atoms with Gasteiger partial charge in [0.1, 0.15) is 0 Å². The molecule has 20 heavy (non-hydrogen) atoms. The minimum absolute atomic E-state index is 0.0404. The molecule has 0 aliphatic carbocycles. The highest BCUT2D eigenvalue weighted by molar-refractivity contribution is 5.92. The molecule has 4 heteroatoms. The summed E-state index contributed by atoms with van der Waals surface area (Å²) in [5.41, 5.74) is 14.7. The summed E-state index contributed by atoms with van der Waals surface area (Å²) in [6, 6.07) is 15.1. The second-order valence-corrected chi connectivity index (χ2v) is 4.70. The van der Waals surface area contributed by atoms with Crippen LogP contribution in [0.15, 0.2) is 48.5 Å². The van der Waals surface area contributed by atoms with Crippen LogP contribution in [0.4, 0.5) is 11.4 Å². The zero-order chi connectivity index (χ0) is 14.4. The fraction of sp³-hybridized carbons (Fsp3) is 0.188. The molecule has 2 aromatic rings. The van der Waals surface area contributed by atoms with Gasteiger partial charge in [0.25, 0.3) is 0 Å². The van der Waals surface area contributed by atoms with Crippen LogP contribution in [0.2, 0.25) is 0 Å². The van der Waals surface area contributed by atoms with Gasteiger partial charge in [-0.15, -0.1) is 0 Å². The van der Waals surface area contributed by atoms with Crippen molar-refractivity contribution in [3.8, 4) is 0 Å². The average Bonchev–Trinajstić information content (AvgIpc) is 2.44. The molecule has 0 radical (unpaired) electrons. The summed E-state index contributed by atoms with van der Waals surface area (Å²) in [6.45, 7) is 0.628. The number of nitrogen functional groups attached to an aromatic ring is 1. The normalized spacial score (nSPS) is 10.2. The average molecular weight is 269 g/mol. The van der Waals surface area contributed by atoms with Crippen molar-refractivity contribution >= 4 is 17.3 Å². The maximum absolute atomic E-state index is 11.9. The van der Waals surface area contributed by atoms with Crippen LogP contribution >= 0.6 is 0 Å². The van der Waals surface area contributed by atoms with Crippen LogP contribution in [-0.2, 0) is 17.6 Å². The Kier molecular flexibility index (Phi) is 4.74. The molecule has 0 saturated heterocycles. The first-order chi connectivity index (χ1) is 9.67. The second-order valence-electron chi connectivity index (χ2n) is 4.70. The summed E-state index contributed by atoms with van der Waals surface area (Å²) in [6.07, 6.45) is 1.19. The fourth-order valence-corrected chi connectivity index (χ4v) is 1.95. The summed E-state index contributed by atoms with van der Waals surface area (Å²) in [5.74, 6) is -0.0404.